The minimum Gasteiger partial charge on any atom is -0.0795 e. The van der Waals surface area contributed by atoms with Gasteiger partial charge in [-0.2, -0.15) is 0 Å². The van der Waals surface area contributed by atoms with Crippen LogP contribution >= 0.6 is 0 Å². The minimum atomic E-state index is -0.611. The highest BCUT2D eigenvalue weighted by molar-refractivity contribution is 6.74. The maximum Gasteiger partial charge on any atom is 0.0411 e. The maximum atomic E-state index is 2.33. The summed E-state index contributed by atoms with van der Waals surface area (Å²) in [5, 5.41) is 2.80. The SMILES string of the molecule is C1=Cc2cccc3cccc(c23)C1.C[Si](C)(C)C. The molecule has 0 spiro atoms. The Morgan fingerprint density at radius 2 is 1.50 bits per heavy atom. The van der Waals surface area contributed by atoms with Crippen molar-refractivity contribution in [3.8, 4) is 0 Å². The second kappa shape index (κ2) is 5.11. The molecule has 18 heavy (non-hydrogen) atoms. The molecule has 0 bridgehead atoms. The second-order valence-electron chi connectivity index (χ2n) is 6.47. The zero-order valence-corrected chi connectivity index (χ0v) is 12.8. The number of hydrogen-bond acceptors (Lipinski definition) is 0. The summed E-state index contributed by atoms with van der Waals surface area (Å²) >= 11 is 0. The third-order valence-corrected chi connectivity index (χ3v) is 2.66. The lowest BCUT2D eigenvalue weighted by Crippen LogP contribution is -2.10. The van der Waals surface area contributed by atoms with E-state index in [0.29, 0.717) is 0 Å². The predicted octanol–water partition coefficient (Wildman–Crippen LogP) is 5.36. The van der Waals surface area contributed by atoms with Crippen LogP contribution in [0.5, 0.6) is 0 Å². The first-order valence-electron chi connectivity index (χ1n) is 6.62. The highest BCUT2D eigenvalue weighted by Crippen LogP contribution is 2.27. The van der Waals surface area contributed by atoms with Crippen molar-refractivity contribution in [1.82, 2.24) is 0 Å². The van der Waals surface area contributed by atoms with Crippen molar-refractivity contribution in [2.45, 2.75) is 32.6 Å². The Labute approximate surface area is 111 Å². The zero-order chi connectivity index (χ0) is 13.2. The van der Waals surface area contributed by atoms with Gasteiger partial charge < -0.3 is 0 Å². The van der Waals surface area contributed by atoms with E-state index in [1.807, 2.05) is 0 Å². The van der Waals surface area contributed by atoms with Crippen LogP contribution in [0.1, 0.15) is 11.1 Å². The van der Waals surface area contributed by atoms with Gasteiger partial charge in [-0.3, -0.25) is 0 Å². The largest absolute Gasteiger partial charge is 0.0795 e. The van der Waals surface area contributed by atoms with E-state index < -0.39 is 8.07 Å². The van der Waals surface area contributed by atoms with Crippen LogP contribution in [0.25, 0.3) is 16.8 Å². The van der Waals surface area contributed by atoms with Crippen LogP contribution in [0.4, 0.5) is 0 Å². The lowest BCUT2D eigenvalue weighted by molar-refractivity contribution is 1.29. The number of allylic oxidation sites excluding steroid dienone is 1. The van der Waals surface area contributed by atoms with Gasteiger partial charge >= 0.3 is 0 Å². The fourth-order valence-corrected chi connectivity index (χ4v) is 2.07. The van der Waals surface area contributed by atoms with Crippen LogP contribution in [0.15, 0.2) is 42.5 Å². The highest BCUT2D eigenvalue weighted by Gasteiger charge is 2.06. The Morgan fingerprint density at radius 1 is 0.889 bits per heavy atom. The molecule has 1 aliphatic rings. The summed E-state index contributed by atoms with van der Waals surface area (Å²) in [5.41, 5.74) is 2.81. The summed E-state index contributed by atoms with van der Waals surface area (Å²) < 4.78 is 0. The summed E-state index contributed by atoms with van der Waals surface area (Å²) in [4.78, 5) is 0. The summed E-state index contributed by atoms with van der Waals surface area (Å²) in [5.74, 6) is 0. The summed E-state index contributed by atoms with van der Waals surface area (Å²) in [6.45, 7) is 9.31. The van der Waals surface area contributed by atoms with Gasteiger partial charge in [0.05, 0.1) is 0 Å². The van der Waals surface area contributed by atoms with Crippen molar-refractivity contribution in [2.24, 2.45) is 0 Å². The van der Waals surface area contributed by atoms with Crippen molar-refractivity contribution < 1.29 is 0 Å². The molecule has 2 aromatic rings. The van der Waals surface area contributed by atoms with E-state index in [9.17, 15) is 0 Å². The molecule has 0 atom stereocenters. The quantitative estimate of drug-likeness (QED) is 0.555. The third-order valence-electron chi connectivity index (χ3n) is 2.66. The summed E-state index contributed by atoms with van der Waals surface area (Å²) in [6, 6.07) is 13.0. The molecule has 94 valence electrons. The average molecular weight is 254 g/mol. The lowest BCUT2D eigenvalue weighted by atomic mass is 9.93. The number of rotatable bonds is 0. The molecule has 0 radical (unpaired) electrons. The van der Waals surface area contributed by atoms with Crippen LogP contribution in [-0.4, -0.2) is 8.07 Å². The van der Waals surface area contributed by atoms with Crippen molar-refractivity contribution in [1.29, 1.82) is 0 Å². The predicted molar refractivity (Wildman–Crippen MR) is 85.9 cm³/mol. The van der Waals surface area contributed by atoms with E-state index in [1.165, 1.54) is 21.9 Å². The van der Waals surface area contributed by atoms with Gasteiger partial charge in [-0.05, 0) is 28.3 Å². The Hall–Kier alpha value is -1.34. The first-order valence-corrected chi connectivity index (χ1v) is 10.6. The van der Waals surface area contributed by atoms with E-state index in [-0.39, 0.29) is 0 Å². The van der Waals surface area contributed by atoms with Gasteiger partial charge in [-0.1, -0.05) is 74.7 Å². The molecule has 1 aliphatic carbocycles. The van der Waals surface area contributed by atoms with E-state index in [0.717, 1.165) is 6.42 Å². The number of benzene rings is 2. The monoisotopic (exact) mass is 254 g/mol. The first kappa shape index (κ1) is 13.1. The topological polar surface area (TPSA) is 0 Å². The molecule has 0 saturated heterocycles. The summed E-state index contributed by atoms with van der Waals surface area (Å²) in [6.07, 6.45) is 5.53. The molecular weight excluding hydrogens is 232 g/mol. The standard InChI is InChI=1S/C13H10.C4H12Si/c1-4-10-6-2-8-12-9-3-7-11(5-1)13(10)12;1-5(2,3)4/h1-8H,9H2;1-4H3. The molecule has 1 heteroatoms. The molecule has 0 fully saturated rings. The molecule has 0 amide bonds. The molecule has 0 N–H and O–H groups in total. The van der Waals surface area contributed by atoms with Gasteiger partial charge in [0.15, 0.2) is 0 Å². The molecule has 3 rings (SSSR count). The van der Waals surface area contributed by atoms with Crippen molar-refractivity contribution in [3.05, 3.63) is 53.6 Å². The fourth-order valence-electron chi connectivity index (χ4n) is 2.07. The Morgan fingerprint density at radius 3 is 2.17 bits per heavy atom. The third kappa shape index (κ3) is 3.33. The van der Waals surface area contributed by atoms with E-state index in [2.05, 4.69) is 74.7 Å². The summed E-state index contributed by atoms with van der Waals surface area (Å²) in [7, 11) is -0.611. The van der Waals surface area contributed by atoms with Crippen LogP contribution < -0.4 is 0 Å². The Bertz CT molecular complexity index is 562. The first-order chi connectivity index (χ1) is 8.45. The number of hydrogen-bond donors (Lipinski definition) is 0. The van der Waals surface area contributed by atoms with Crippen LogP contribution in [-0.2, 0) is 6.42 Å². The van der Waals surface area contributed by atoms with Gasteiger partial charge in [0.2, 0.25) is 0 Å². The second-order valence-corrected chi connectivity index (χ2v) is 12.5. The van der Waals surface area contributed by atoms with Crippen LogP contribution in [0.2, 0.25) is 26.2 Å². The Kier molecular flexibility index (Phi) is 3.72. The maximum absolute atomic E-state index is 2.33. The molecule has 0 unspecified atom stereocenters. The van der Waals surface area contributed by atoms with Crippen molar-refractivity contribution >= 4 is 24.9 Å². The van der Waals surface area contributed by atoms with Gasteiger partial charge in [-0.25, -0.2) is 0 Å². The van der Waals surface area contributed by atoms with E-state index in [1.54, 1.807) is 0 Å². The Balaban J connectivity index is 0.000000209. The molecular formula is C17H22Si. The van der Waals surface area contributed by atoms with Crippen molar-refractivity contribution in [2.75, 3.05) is 0 Å². The van der Waals surface area contributed by atoms with E-state index in [4.69, 9.17) is 0 Å². The molecule has 2 aromatic carbocycles. The van der Waals surface area contributed by atoms with E-state index >= 15 is 0 Å². The zero-order valence-electron chi connectivity index (χ0n) is 11.8. The molecule has 0 aliphatic heterocycles. The van der Waals surface area contributed by atoms with Gasteiger partial charge in [0.25, 0.3) is 0 Å². The lowest BCUT2D eigenvalue weighted by Gasteiger charge is -2.11. The molecule has 0 heterocycles. The van der Waals surface area contributed by atoms with Crippen LogP contribution in [0, 0.1) is 0 Å². The average Bonchev–Trinajstić information content (AvgIpc) is 2.28. The molecule has 0 aromatic heterocycles. The fraction of sp³-hybridized carbons (Fsp3) is 0.294. The highest BCUT2D eigenvalue weighted by atomic mass is 28.3. The molecule has 0 nitrogen and oxygen atoms in total. The smallest absolute Gasteiger partial charge is 0.0411 e. The van der Waals surface area contributed by atoms with Crippen LogP contribution in [0.3, 0.4) is 0 Å². The van der Waals surface area contributed by atoms with Gasteiger partial charge in [0.1, 0.15) is 0 Å². The van der Waals surface area contributed by atoms with Gasteiger partial charge in [-0.15, -0.1) is 0 Å². The van der Waals surface area contributed by atoms with Gasteiger partial charge in [0, 0.05) is 8.07 Å². The normalized spacial score (nSPS) is 13.1. The minimum absolute atomic E-state index is 0.611. The van der Waals surface area contributed by atoms with Crippen molar-refractivity contribution in [3.63, 3.8) is 0 Å². The molecule has 0 saturated carbocycles.